The van der Waals surface area contributed by atoms with Gasteiger partial charge in [-0.1, -0.05) is 6.92 Å². The number of anilines is 1. The predicted molar refractivity (Wildman–Crippen MR) is 72.1 cm³/mol. The molecule has 1 aliphatic carbocycles. The molecule has 0 fully saturated rings. The molecule has 0 radical (unpaired) electrons. The summed E-state index contributed by atoms with van der Waals surface area (Å²) in [6.07, 6.45) is 4.74. The third-order valence-electron chi connectivity index (χ3n) is 3.49. The van der Waals surface area contributed by atoms with Crippen molar-refractivity contribution in [2.75, 3.05) is 11.9 Å². The average molecular weight is 276 g/mol. The molecule has 1 N–H and O–H groups in total. The van der Waals surface area contributed by atoms with Crippen molar-refractivity contribution < 1.29 is 9.90 Å². The van der Waals surface area contributed by atoms with Crippen LogP contribution in [0.2, 0.25) is 0 Å². The molecule has 0 bridgehead atoms. The average Bonchev–Trinajstić information content (AvgIpc) is 2.73. The molecule has 6 heteroatoms. The van der Waals surface area contributed by atoms with Crippen LogP contribution in [0.1, 0.15) is 23.8 Å². The highest BCUT2D eigenvalue weighted by molar-refractivity contribution is 7.19. The Bertz CT molecular complexity index is 638. The number of nitrogens with one attached hydrogen (secondary N) is 1. The first-order valence-electron chi connectivity index (χ1n) is 6.34. The van der Waals surface area contributed by atoms with E-state index in [0.29, 0.717) is 11.7 Å². The zero-order valence-corrected chi connectivity index (χ0v) is 11.4. The van der Waals surface area contributed by atoms with Crippen LogP contribution in [0.5, 0.6) is 0 Å². The van der Waals surface area contributed by atoms with E-state index in [0.717, 1.165) is 29.5 Å². The quantitative estimate of drug-likeness (QED) is 0.904. The number of aliphatic carboxylic acids is 1. The molecule has 0 aromatic carbocycles. The third kappa shape index (κ3) is 2.28. The summed E-state index contributed by atoms with van der Waals surface area (Å²) in [4.78, 5) is 21.3. The van der Waals surface area contributed by atoms with Gasteiger partial charge in [0.15, 0.2) is 0 Å². The van der Waals surface area contributed by atoms with Crippen molar-refractivity contribution in [1.29, 1.82) is 0 Å². The molecule has 0 saturated carbocycles. The van der Waals surface area contributed by atoms with E-state index in [-0.39, 0.29) is 6.54 Å². The van der Waals surface area contributed by atoms with Crippen molar-refractivity contribution >= 4 is 33.3 Å². The summed E-state index contributed by atoms with van der Waals surface area (Å²) in [5, 5.41) is 14.4. The van der Waals surface area contributed by atoms with Gasteiger partial charge < -0.3 is 15.2 Å². The smallest absolute Gasteiger partial charge is 0.138 e. The Kier molecular flexibility index (Phi) is 3.10. The molecule has 0 aliphatic heterocycles. The molecule has 2 heterocycles. The van der Waals surface area contributed by atoms with Crippen molar-refractivity contribution in [3.05, 3.63) is 16.8 Å². The fourth-order valence-electron chi connectivity index (χ4n) is 2.57. The van der Waals surface area contributed by atoms with E-state index in [4.69, 9.17) is 0 Å². The second kappa shape index (κ2) is 4.77. The van der Waals surface area contributed by atoms with E-state index in [1.54, 1.807) is 11.3 Å². The van der Waals surface area contributed by atoms with Crippen LogP contribution in [-0.4, -0.2) is 22.5 Å². The number of aromatic nitrogens is 2. The lowest BCUT2D eigenvalue weighted by Crippen LogP contribution is -2.30. The number of hydrogen-bond acceptors (Lipinski definition) is 6. The van der Waals surface area contributed by atoms with Gasteiger partial charge in [-0.05, 0) is 30.7 Å². The highest BCUT2D eigenvalue weighted by Gasteiger charge is 2.22. The number of carboxylic acids is 1. The Labute approximate surface area is 114 Å². The fraction of sp³-hybridized carbons (Fsp3) is 0.462. The summed E-state index contributed by atoms with van der Waals surface area (Å²) in [5.74, 6) is 0.180. The monoisotopic (exact) mass is 276 g/mol. The zero-order valence-electron chi connectivity index (χ0n) is 10.6. The minimum absolute atomic E-state index is 0.229. The minimum atomic E-state index is -1.13. The molecule has 3 rings (SSSR count). The normalized spacial score (nSPS) is 18.3. The van der Waals surface area contributed by atoms with Crippen LogP contribution >= 0.6 is 11.3 Å². The second-order valence-electron chi connectivity index (χ2n) is 4.98. The van der Waals surface area contributed by atoms with Gasteiger partial charge in [0.1, 0.15) is 17.0 Å². The third-order valence-corrected chi connectivity index (χ3v) is 4.65. The highest BCUT2D eigenvalue weighted by Crippen LogP contribution is 2.39. The number of hydrogen-bond donors (Lipinski definition) is 1. The Balaban J connectivity index is 2.06. The van der Waals surface area contributed by atoms with Crippen LogP contribution in [-0.2, 0) is 17.6 Å². The first kappa shape index (κ1) is 12.3. The first-order chi connectivity index (χ1) is 9.15. The molecule has 1 unspecified atom stereocenters. The lowest BCUT2D eigenvalue weighted by Gasteiger charge is -2.18. The van der Waals surface area contributed by atoms with E-state index in [1.807, 2.05) is 0 Å². The molecule has 2 aromatic rings. The molecule has 100 valence electrons. The van der Waals surface area contributed by atoms with E-state index in [1.165, 1.54) is 16.8 Å². The van der Waals surface area contributed by atoms with Gasteiger partial charge in [0.05, 0.1) is 17.9 Å². The van der Waals surface area contributed by atoms with Crippen LogP contribution in [0.4, 0.5) is 5.82 Å². The SMILES string of the molecule is CC1CCc2c(sc3ncnc(NCC(=O)[O-])c23)C1. The number of carboxylic acid groups (broad SMARTS) is 1. The summed E-state index contributed by atoms with van der Waals surface area (Å²) in [6.45, 7) is 2.03. The number of rotatable bonds is 3. The van der Waals surface area contributed by atoms with E-state index < -0.39 is 5.97 Å². The Morgan fingerprint density at radius 2 is 2.42 bits per heavy atom. The van der Waals surface area contributed by atoms with Crippen molar-refractivity contribution in [2.45, 2.75) is 26.2 Å². The maximum Gasteiger partial charge on any atom is 0.138 e. The minimum Gasteiger partial charge on any atom is -0.548 e. The maximum absolute atomic E-state index is 10.6. The van der Waals surface area contributed by atoms with Crippen LogP contribution in [0.25, 0.3) is 10.2 Å². The van der Waals surface area contributed by atoms with Crippen molar-refractivity contribution in [1.82, 2.24) is 9.97 Å². The van der Waals surface area contributed by atoms with Gasteiger partial charge in [-0.3, -0.25) is 0 Å². The van der Waals surface area contributed by atoms with Gasteiger partial charge in [-0.2, -0.15) is 0 Å². The van der Waals surface area contributed by atoms with Gasteiger partial charge in [0.2, 0.25) is 0 Å². The lowest BCUT2D eigenvalue weighted by atomic mass is 9.89. The van der Waals surface area contributed by atoms with Crippen molar-refractivity contribution in [3.63, 3.8) is 0 Å². The fourth-order valence-corrected chi connectivity index (χ4v) is 3.92. The van der Waals surface area contributed by atoms with Crippen molar-refractivity contribution in [3.8, 4) is 0 Å². The van der Waals surface area contributed by atoms with Gasteiger partial charge in [0.25, 0.3) is 0 Å². The zero-order chi connectivity index (χ0) is 13.4. The highest BCUT2D eigenvalue weighted by atomic mass is 32.1. The molecule has 0 saturated heterocycles. The first-order valence-corrected chi connectivity index (χ1v) is 7.15. The largest absolute Gasteiger partial charge is 0.548 e. The number of aryl methyl sites for hydroxylation is 1. The van der Waals surface area contributed by atoms with Crippen LogP contribution in [0, 0.1) is 5.92 Å². The standard InChI is InChI=1S/C13H15N3O2S/c1-7-2-3-8-9(4-7)19-13-11(8)12(15-6-16-13)14-5-10(17)18/h6-7H,2-5H2,1H3,(H,17,18)(H,14,15,16)/p-1. The second-order valence-corrected chi connectivity index (χ2v) is 6.06. The van der Waals surface area contributed by atoms with E-state index in [9.17, 15) is 9.90 Å². The molecule has 19 heavy (non-hydrogen) atoms. The lowest BCUT2D eigenvalue weighted by molar-refractivity contribution is -0.302. The Morgan fingerprint density at radius 3 is 3.21 bits per heavy atom. The number of carbonyl (C=O) groups is 1. The topological polar surface area (TPSA) is 77.9 Å². The van der Waals surface area contributed by atoms with Crippen LogP contribution in [0.3, 0.4) is 0 Å². The number of nitrogens with zero attached hydrogens (tertiary/aromatic N) is 2. The summed E-state index contributed by atoms with van der Waals surface area (Å²) in [6, 6.07) is 0. The van der Waals surface area contributed by atoms with Crippen LogP contribution in [0.15, 0.2) is 6.33 Å². The summed E-state index contributed by atoms with van der Waals surface area (Å²) >= 11 is 1.70. The summed E-state index contributed by atoms with van der Waals surface area (Å²) in [7, 11) is 0. The Hall–Kier alpha value is -1.69. The molecule has 2 aromatic heterocycles. The van der Waals surface area contributed by atoms with E-state index >= 15 is 0 Å². The summed E-state index contributed by atoms with van der Waals surface area (Å²) < 4.78 is 0. The number of thiophene rings is 1. The van der Waals surface area contributed by atoms with Gasteiger partial charge in [0, 0.05) is 4.88 Å². The molecular formula is C13H14N3O2S-. The maximum atomic E-state index is 10.6. The summed E-state index contributed by atoms with van der Waals surface area (Å²) in [5.41, 5.74) is 1.29. The van der Waals surface area contributed by atoms with E-state index in [2.05, 4.69) is 22.2 Å². The number of fused-ring (bicyclic) bond motifs is 3. The van der Waals surface area contributed by atoms with Crippen LogP contribution < -0.4 is 10.4 Å². The molecule has 1 aliphatic rings. The van der Waals surface area contributed by atoms with Gasteiger partial charge in [-0.15, -0.1) is 11.3 Å². The van der Waals surface area contributed by atoms with Crippen molar-refractivity contribution in [2.24, 2.45) is 5.92 Å². The molecule has 0 spiro atoms. The number of carbonyl (C=O) groups excluding carboxylic acids is 1. The van der Waals surface area contributed by atoms with Gasteiger partial charge >= 0.3 is 0 Å². The predicted octanol–water partition coefficient (Wildman–Crippen LogP) is 0.978. The molecule has 5 nitrogen and oxygen atoms in total. The molecule has 1 atom stereocenters. The molecular weight excluding hydrogens is 262 g/mol. The van der Waals surface area contributed by atoms with Gasteiger partial charge in [-0.25, -0.2) is 9.97 Å². The molecule has 0 amide bonds. The Morgan fingerprint density at radius 1 is 1.58 bits per heavy atom.